The van der Waals surface area contributed by atoms with Gasteiger partial charge < -0.3 is 24.8 Å². The van der Waals surface area contributed by atoms with E-state index < -0.39 is 38.1 Å². The largest absolute Gasteiger partial charge is 0.508 e. The van der Waals surface area contributed by atoms with Gasteiger partial charge in [-0.3, -0.25) is 14.5 Å². The number of phenols is 1. The topological polar surface area (TPSA) is 128 Å². The van der Waals surface area contributed by atoms with Crippen molar-refractivity contribution in [2.45, 2.75) is 25.9 Å². The summed E-state index contributed by atoms with van der Waals surface area (Å²) in [5.74, 6) is -2.36. The summed E-state index contributed by atoms with van der Waals surface area (Å²) >= 11 is 0. The van der Waals surface area contributed by atoms with E-state index >= 15 is 0 Å². The van der Waals surface area contributed by atoms with E-state index in [1.54, 1.807) is 36.4 Å². The first-order valence-corrected chi connectivity index (χ1v) is 10.9. The van der Waals surface area contributed by atoms with Gasteiger partial charge in [0.15, 0.2) is 0 Å². The number of hydrogen-bond acceptors (Lipinski definition) is 7. The molecule has 0 bridgehead atoms. The van der Waals surface area contributed by atoms with Crippen molar-refractivity contribution in [3.63, 3.8) is 0 Å². The second-order valence-electron chi connectivity index (χ2n) is 8.93. The predicted molar refractivity (Wildman–Crippen MR) is 121 cm³/mol. The summed E-state index contributed by atoms with van der Waals surface area (Å²) in [6, 6.07) is 12.8. The Morgan fingerprint density at radius 2 is 1.82 bits per heavy atom. The first kappa shape index (κ1) is 21.9. The van der Waals surface area contributed by atoms with E-state index in [4.69, 9.17) is 4.65 Å². The molecule has 0 unspecified atom stereocenters. The third-order valence-electron chi connectivity index (χ3n) is 7.07. The summed E-state index contributed by atoms with van der Waals surface area (Å²) in [4.78, 5) is 28.1. The van der Waals surface area contributed by atoms with E-state index in [1.807, 2.05) is 6.92 Å². The number of allylic oxidation sites excluding steroid dienone is 2. The van der Waals surface area contributed by atoms with Crippen LogP contribution in [0.2, 0.25) is 0 Å². The number of para-hydroxylation sites is 1. The van der Waals surface area contributed by atoms with Crippen LogP contribution in [0.3, 0.4) is 0 Å². The second-order valence-corrected chi connectivity index (χ2v) is 8.93. The number of carbonyl (C=O) groups is 2. The van der Waals surface area contributed by atoms with Crippen molar-refractivity contribution in [2.24, 2.45) is 17.8 Å². The Bertz CT molecular complexity index is 1170. The molecule has 0 saturated carbocycles. The number of benzene rings is 2. The first-order chi connectivity index (χ1) is 15.8. The molecule has 2 aromatic carbocycles. The number of anilines is 1. The van der Waals surface area contributed by atoms with E-state index in [1.165, 1.54) is 12.1 Å². The van der Waals surface area contributed by atoms with E-state index in [2.05, 4.69) is 0 Å². The lowest BCUT2D eigenvalue weighted by Crippen LogP contribution is -2.44. The molecule has 2 saturated heterocycles. The summed E-state index contributed by atoms with van der Waals surface area (Å²) in [6.07, 6.45) is 0.0399. The Morgan fingerprint density at radius 1 is 1.06 bits per heavy atom. The van der Waals surface area contributed by atoms with Crippen LogP contribution < -0.4 is 10.4 Å². The van der Waals surface area contributed by atoms with Gasteiger partial charge in [-0.15, -0.1) is 0 Å². The molecule has 2 fully saturated rings. The van der Waals surface area contributed by atoms with Crippen molar-refractivity contribution in [3.05, 3.63) is 65.1 Å². The summed E-state index contributed by atoms with van der Waals surface area (Å²) < 4.78 is 5.83. The summed E-state index contributed by atoms with van der Waals surface area (Å²) in [5, 5.41) is 40.1. The van der Waals surface area contributed by atoms with Crippen LogP contribution in [0.1, 0.15) is 31.4 Å². The molecule has 2 amide bonds. The highest BCUT2D eigenvalue weighted by atomic mass is 16.5. The number of aromatic hydroxyl groups is 1. The number of imide groups is 1. The monoisotopic (exact) mass is 447 g/mol. The number of amides is 2. The Kier molecular flexibility index (Phi) is 5.41. The minimum absolute atomic E-state index is 0.0426. The van der Waals surface area contributed by atoms with Crippen molar-refractivity contribution in [2.75, 3.05) is 4.90 Å². The van der Waals surface area contributed by atoms with Crippen molar-refractivity contribution in [1.29, 1.82) is 0 Å². The smallest absolute Gasteiger partial charge is 0.488 e. The molecule has 0 aromatic heterocycles. The fraction of sp³-hybridized carbons (Fsp3) is 0.304. The van der Waals surface area contributed by atoms with Crippen LogP contribution in [0.5, 0.6) is 5.75 Å². The maximum atomic E-state index is 13.6. The lowest BCUT2D eigenvalue weighted by molar-refractivity contribution is -0.123. The second kappa shape index (κ2) is 8.14. The third kappa shape index (κ3) is 3.50. The number of fused-ring (bicyclic) bond motifs is 3. The highest BCUT2D eigenvalue weighted by molar-refractivity contribution is 6.58. The molecule has 4 atom stereocenters. The van der Waals surface area contributed by atoms with Gasteiger partial charge in [-0.1, -0.05) is 35.9 Å². The fourth-order valence-corrected chi connectivity index (χ4v) is 5.60. The number of nitrogens with zero attached hydrogens (tertiary/aromatic N) is 1. The first-order valence-electron chi connectivity index (χ1n) is 10.9. The van der Waals surface area contributed by atoms with Crippen molar-refractivity contribution >= 4 is 37.2 Å². The van der Waals surface area contributed by atoms with E-state index in [0.717, 1.165) is 10.5 Å². The van der Waals surface area contributed by atoms with Gasteiger partial charge in [-0.25, -0.2) is 0 Å². The van der Waals surface area contributed by atoms with Crippen LogP contribution in [-0.2, 0) is 14.2 Å². The Morgan fingerprint density at radius 3 is 2.55 bits per heavy atom. The van der Waals surface area contributed by atoms with Crippen molar-refractivity contribution in [3.8, 4) is 5.75 Å². The highest BCUT2D eigenvalue weighted by Gasteiger charge is 2.57. The van der Waals surface area contributed by atoms with Crippen LogP contribution in [0.15, 0.2) is 59.6 Å². The number of phenolic OH excluding ortho intramolecular Hbond substituents is 1. The van der Waals surface area contributed by atoms with Crippen LogP contribution in [0.4, 0.5) is 5.69 Å². The van der Waals surface area contributed by atoms with Crippen molar-refractivity contribution in [1.82, 2.24) is 0 Å². The number of hydrogen-bond donors (Lipinski definition) is 4. The maximum Gasteiger partial charge on any atom is 0.488 e. The van der Waals surface area contributed by atoms with Gasteiger partial charge in [-0.05, 0) is 54.8 Å². The number of rotatable bonds is 3. The van der Waals surface area contributed by atoms with Crippen LogP contribution in [0, 0.1) is 17.8 Å². The predicted octanol–water partition coefficient (Wildman–Crippen LogP) is 0.695. The molecule has 2 aromatic rings. The molecule has 0 spiro atoms. The van der Waals surface area contributed by atoms with Gasteiger partial charge in [0.2, 0.25) is 11.8 Å². The van der Waals surface area contributed by atoms with Crippen LogP contribution in [-0.4, -0.2) is 46.2 Å². The third-order valence-corrected chi connectivity index (χ3v) is 7.07. The Balaban J connectivity index is 1.52. The van der Waals surface area contributed by atoms with E-state index in [9.17, 15) is 29.8 Å². The van der Waals surface area contributed by atoms with Crippen LogP contribution in [0.25, 0.3) is 0 Å². The fourth-order valence-electron chi connectivity index (χ4n) is 5.60. The van der Waals surface area contributed by atoms with Gasteiger partial charge in [0.05, 0.1) is 23.6 Å². The minimum Gasteiger partial charge on any atom is -0.508 e. The lowest BCUT2D eigenvalue weighted by atomic mass is 9.55. The minimum atomic E-state index is -1.72. The molecule has 10 heteroatoms. The van der Waals surface area contributed by atoms with Gasteiger partial charge in [0.25, 0.3) is 0 Å². The molecule has 8 nitrogen and oxygen atoms in total. The van der Waals surface area contributed by atoms with Gasteiger partial charge >= 0.3 is 14.2 Å². The zero-order valence-electron chi connectivity index (χ0n) is 18.0. The van der Waals surface area contributed by atoms with E-state index in [-0.39, 0.29) is 28.7 Å². The van der Waals surface area contributed by atoms with Crippen molar-refractivity contribution < 1.29 is 34.4 Å². The molecule has 2 aliphatic heterocycles. The average molecular weight is 447 g/mol. The molecule has 3 aliphatic rings. The highest BCUT2D eigenvalue weighted by Crippen LogP contribution is 2.52. The summed E-state index contributed by atoms with van der Waals surface area (Å²) in [5.41, 5.74) is 2.44. The molecule has 4 N–H and O–H groups in total. The molecular weight excluding hydrogens is 424 g/mol. The van der Waals surface area contributed by atoms with Crippen LogP contribution >= 0.6 is 0 Å². The van der Waals surface area contributed by atoms with Gasteiger partial charge in [0.1, 0.15) is 5.75 Å². The van der Waals surface area contributed by atoms with Gasteiger partial charge in [-0.2, -0.15) is 0 Å². The average Bonchev–Trinajstić information content (AvgIpc) is 3.03. The van der Waals surface area contributed by atoms with Gasteiger partial charge in [0, 0.05) is 5.56 Å². The molecule has 5 rings (SSSR count). The molecular formula is C23H23B2NO7. The summed E-state index contributed by atoms with van der Waals surface area (Å²) in [6.45, 7) is 1.84. The molecule has 0 radical (unpaired) electrons. The normalized spacial score (nSPS) is 27.0. The zero-order chi connectivity index (χ0) is 23.4. The molecule has 1 aliphatic carbocycles. The molecule has 168 valence electrons. The molecule has 2 heterocycles. The number of carbonyl (C=O) groups excluding carboxylic acids is 2. The maximum absolute atomic E-state index is 13.6. The quantitative estimate of drug-likeness (QED) is 0.403. The molecule has 33 heavy (non-hydrogen) atoms. The summed E-state index contributed by atoms with van der Waals surface area (Å²) in [7, 11) is -2.96. The standard InChI is InChI=1S/C23H23B2NO7/c1-12-9-17-20(23(29)26(22(17)28)14-6-4-5-13(10-14)24(30)31)16-11-19(33-25(32)21(12)16)15-7-2-3-8-18(15)27/h2-8,10,16-17,19-20,27,30-32H,9,11H2,1H3/t16-,17-,19-,20+/m0/s1. The Hall–Kier alpha value is -2.91. The Labute approximate surface area is 191 Å². The zero-order valence-corrected chi connectivity index (χ0v) is 18.0. The van der Waals surface area contributed by atoms with E-state index in [0.29, 0.717) is 23.9 Å². The SMILES string of the molecule is CC1=C2B(O)O[C@H](c3ccccc3O)C[C@H]2[C@H]2C(=O)N(c3cccc(B(O)O)c3)C(=O)[C@H]2C1. The lowest BCUT2D eigenvalue weighted by Gasteiger charge is -2.41.